The van der Waals surface area contributed by atoms with Crippen molar-refractivity contribution in [1.82, 2.24) is 0 Å². The van der Waals surface area contributed by atoms with Gasteiger partial charge < -0.3 is 11.5 Å². The molecule has 70 valence electrons. The normalized spacial score (nSPS) is 10.0. The summed E-state index contributed by atoms with van der Waals surface area (Å²) in [7, 11) is 0. The number of rotatable bonds is 3. The Hall–Kier alpha value is -1.42. The van der Waals surface area contributed by atoms with Crippen LogP contribution in [0.2, 0.25) is 0 Å². The maximum atomic E-state index is 13.1. The highest BCUT2D eigenvalue weighted by Crippen LogP contribution is 2.10. The average molecular weight is 182 g/mol. The monoisotopic (exact) mass is 182 g/mol. The summed E-state index contributed by atoms with van der Waals surface area (Å²) in [4.78, 5) is 10.7. The molecule has 0 aromatic heterocycles. The zero-order valence-corrected chi connectivity index (χ0v) is 7.09. The standard InChI is InChI=1S/C9H11FN2O/c10-8-5-7(9(12)13)2-1-6(8)3-4-11/h1-2,5H,3-4,11H2,(H2,12,13). The fourth-order valence-corrected chi connectivity index (χ4v) is 1.06. The molecule has 0 saturated heterocycles. The Morgan fingerprint density at radius 1 is 1.46 bits per heavy atom. The highest BCUT2D eigenvalue weighted by atomic mass is 19.1. The first-order valence-electron chi connectivity index (χ1n) is 3.93. The molecule has 0 atom stereocenters. The minimum Gasteiger partial charge on any atom is -0.366 e. The summed E-state index contributed by atoms with van der Waals surface area (Å²) < 4.78 is 13.1. The van der Waals surface area contributed by atoms with Crippen LogP contribution in [0.1, 0.15) is 15.9 Å². The molecule has 0 aliphatic heterocycles. The zero-order valence-electron chi connectivity index (χ0n) is 7.09. The van der Waals surface area contributed by atoms with Gasteiger partial charge in [-0.05, 0) is 30.7 Å². The van der Waals surface area contributed by atoms with Crippen molar-refractivity contribution in [3.05, 3.63) is 35.1 Å². The molecule has 0 bridgehead atoms. The smallest absolute Gasteiger partial charge is 0.248 e. The minimum absolute atomic E-state index is 0.179. The van der Waals surface area contributed by atoms with Crippen molar-refractivity contribution in [2.24, 2.45) is 11.5 Å². The first-order valence-corrected chi connectivity index (χ1v) is 3.93. The van der Waals surface area contributed by atoms with Crippen molar-refractivity contribution < 1.29 is 9.18 Å². The van der Waals surface area contributed by atoms with E-state index in [-0.39, 0.29) is 5.56 Å². The maximum Gasteiger partial charge on any atom is 0.248 e. The summed E-state index contributed by atoms with van der Waals surface area (Å²) in [5.41, 5.74) is 10.9. The molecule has 0 saturated carbocycles. The van der Waals surface area contributed by atoms with E-state index in [2.05, 4.69) is 0 Å². The summed E-state index contributed by atoms with van der Waals surface area (Å²) >= 11 is 0. The molecule has 0 aliphatic rings. The first-order chi connectivity index (χ1) is 6.15. The Bertz CT molecular complexity index is 325. The van der Waals surface area contributed by atoms with Crippen molar-refractivity contribution >= 4 is 5.91 Å². The van der Waals surface area contributed by atoms with Crippen molar-refractivity contribution in [3.63, 3.8) is 0 Å². The summed E-state index contributed by atoms with van der Waals surface area (Å²) in [5, 5.41) is 0. The van der Waals surface area contributed by atoms with E-state index < -0.39 is 11.7 Å². The van der Waals surface area contributed by atoms with Gasteiger partial charge in [-0.1, -0.05) is 6.07 Å². The molecule has 4 heteroatoms. The molecule has 1 rings (SSSR count). The third-order valence-corrected chi connectivity index (χ3v) is 1.75. The third kappa shape index (κ3) is 2.26. The number of hydrogen-bond acceptors (Lipinski definition) is 2. The summed E-state index contributed by atoms with van der Waals surface area (Å²) in [6.07, 6.45) is 0.463. The van der Waals surface area contributed by atoms with Gasteiger partial charge in [0.25, 0.3) is 0 Å². The van der Waals surface area contributed by atoms with E-state index in [1.807, 2.05) is 0 Å². The molecule has 1 aromatic rings. The summed E-state index contributed by atoms with van der Waals surface area (Å²) in [5.74, 6) is -1.06. The predicted molar refractivity (Wildman–Crippen MR) is 47.7 cm³/mol. The van der Waals surface area contributed by atoms with Gasteiger partial charge in [-0.15, -0.1) is 0 Å². The topological polar surface area (TPSA) is 69.1 Å². The second-order valence-corrected chi connectivity index (χ2v) is 2.71. The van der Waals surface area contributed by atoms with E-state index in [0.717, 1.165) is 6.07 Å². The number of nitrogens with two attached hydrogens (primary N) is 2. The molecule has 0 spiro atoms. The molecule has 1 amide bonds. The van der Waals surface area contributed by atoms with Crippen LogP contribution in [0.25, 0.3) is 0 Å². The van der Waals surface area contributed by atoms with Crippen LogP contribution in [0.4, 0.5) is 4.39 Å². The van der Waals surface area contributed by atoms with Crippen LogP contribution < -0.4 is 11.5 Å². The molecule has 0 fully saturated rings. The summed E-state index contributed by atoms with van der Waals surface area (Å²) in [6, 6.07) is 4.16. The van der Waals surface area contributed by atoms with Crippen molar-refractivity contribution in [1.29, 1.82) is 0 Å². The van der Waals surface area contributed by atoms with Gasteiger partial charge >= 0.3 is 0 Å². The molecule has 0 radical (unpaired) electrons. The molecule has 1 aromatic carbocycles. The molecule has 13 heavy (non-hydrogen) atoms. The van der Waals surface area contributed by atoms with E-state index >= 15 is 0 Å². The van der Waals surface area contributed by atoms with Crippen molar-refractivity contribution in [3.8, 4) is 0 Å². The van der Waals surface area contributed by atoms with E-state index in [1.54, 1.807) is 0 Å². The Labute approximate surface area is 75.5 Å². The molecule has 0 heterocycles. The van der Waals surface area contributed by atoms with Gasteiger partial charge in [0.2, 0.25) is 5.91 Å². The lowest BCUT2D eigenvalue weighted by molar-refractivity contribution is 0.1000. The van der Waals surface area contributed by atoms with E-state index in [9.17, 15) is 9.18 Å². The van der Waals surface area contributed by atoms with Gasteiger partial charge in [0, 0.05) is 5.56 Å². The van der Waals surface area contributed by atoms with Gasteiger partial charge in [0.1, 0.15) is 5.82 Å². The predicted octanol–water partition coefficient (Wildman–Crippen LogP) is 0.426. The van der Waals surface area contributed by atoms with Crippen molar-refractivity contribution in [2.45, 2.75) is 6.42 Å². The SMILES string of the molecule is NCCc1ccc(C(N)=O)cc1F. The quantitative estimate of drug-likeness (QED) is 0.711. The molecule has 0 aliphatic carbocycles. The fraction of sp³-hybridized carbons (Fsp3) is 0.222. The number of benzene rings is 1. The lowest BCUT2D eigenvalue weighted by atomic mass is 10.1. The van der Waals surface area contributed by atoms with Crippen LogP contribution >= 0.6 is 0 Å². The van der Waals surface area contributed by atoms with E-state index in [4.69, 9.17) is 11.5 Å². The summed E-state index contributed by atoms with van der Waals surface area (Å²) in [6.45, 7) is 0.382. The zero-order chi connectivity index (χ0) is 9.84. The average Bonchev–Trinajstić information content (AvgIpc) is 2.08. The number of halogens is 1. The lowest BCUT2D eigenvalue weighted by Gasteiger charge is -2.02. The Morgan fingerprint density at radius 3 is 2.62 bits per heavy atom. The molecule has 0 unspecified atom stereocenters. The van der Waals surface area contributed by atoms with Gasteiger partial charge in [0.15, 0.2) is 0 Å². The molecular weight excluding hydrogens is 171 g/mol. The maximum absolute atomic E-state index is 13.1. The molecule has 4 N–H and O–H groups in total. The van der Waals surface area contributed by atoms with Gasteiger partial charge in [-0.25, -0.2) is 4.39 Å². The molecule has 3 nitrogen and oxygen atoms in total. The van der Waals surface area contributed by atoms with Crippen molar-refractivity contribution in [2.75, 3.05) is 6.54 Å². The molecular formula is C9H11FN2O. The highest BCUT2D eigenvalue weighted by Gasteiger charge is 2.05. The number of amides is 1. The Balaban J connectivity index is 2.98. The van der Waals surface area contributed by atoms with Crippen LogP contribution in [-0.4, -0.2) is 12.5 Å². The van der Waals surface area contributed by atoms with Crippen LogP contribution in [0, 0.1) is 5.82 Å². The lowest BCUT2D eigenvalue weighted by Crippen LogP contribution is -2.12. The largest absolute Gasteiger partial charge is 0.366 e. The highest BCUT2D eigenvalue weighted by molar-refractivity contribution is 5.92. The van der Waals surface area contributed by atoms with E-state index in [0.29, 0.717) is 18.5 Å². The van der Waals surface area contributed by atoms with Gasteiger partial charge in [-0.3, -0.25) is 4.79 Å². The van der Waals surface area contributed by atoms with Crippen LogP contribution in [-0.2, 0) is 6.42 Å². The second-order valence-electron chi connectivity index (χ2n) is 2.71. The van der Waals surface area contributed by atoms with Crippen LogP contribution in [0.3, 0.4) is 0 Å². The number of primary amides is 1. The Kier molecular flexibility index (Phi) is 2.97. The van der Waals surface area contributed by atoms with Crippen LogP contribution in [0.5, 0.6) is 0 Å². The minimum atomic E-state index is -0.627. The van der Waals surface area contributed by atoms with Crippen LogP contribution in [0.15, 0.2) is 18.2 Å². The fourth-order valence-electron chi connectivity index (χ4n) is 1.06. The number of carbonyl (C=O) groups is 1. The van der Waals surface area contributed by atoms with Gasteiger partial charge in [0.05, 0.1) is 0 Å². The first kappa shape index (κ1) is 9.67. The van der Waals surface area contributed by atoms with Gasteiger partial charge in [-0.2, -0.15) is 0 Å². The second kappa shape index (κ2) is 4.00. The third-order valence-electron chi connectivity index (χ3n) is 1.75. The van der Waals surface area contributed by atoms with E-state index in [1.165, 1.54) is 12.1 Å². The Morgan fingerprint density at radius 2 is 2.15 bits per heavy atom. The number of hydrogen-bond donors (Lipinski definition) is 2. The number of carbonyl (C=O) groups excluding carboxylic acids is 1.